The first-order valence-corrected chi connectivity index (χ1v) is 15.3. The Morgan fingerprint density at radius 1 is 1.08 bits per heavy atom. The van der Waals surface area contributed by atoms with Gasteiger partial charge in [-0.05, 0) is 43.5 Å². The molecule has 0 aromatic heterocycles. The van der Waals surface area contributed by atoms with Gasteiger partial charge < -0.3 is 19.7 Å². The van der Waals surface area contributed by atoms with Gasteiger partial charge >= 0.3 is 0 Å². The minimum Gasteiger partial charge on any atom is -0.497 e. The summed E-state index contributed by atoms with van der Waals surface area (Å²) in [6.07, 6.45) is 5.14. The van der Waals surface area contributed by atoms with Gasteiger partial charge in [-0.2, -0.15) is 0 Å². The van der Waals surface area contributed by atoms with Crippen LogP contribution < -0.4 is 19.1 Å². The highest BCUT2D eigenvalue weighted by Crippen LogP contribution is 2.34. The van der Waals surface area contributed by atoms with E-state index in [9.17, 15) is 18.0 Å². The molecule has 39 heavy (non-hydrogen) atoms. The van der Waals surface area contributed by atoms with Gasteiger partial charge in [0.1, 0.15) is 24.1 Å². The molecule has 0 unspecified atom stereocenters. The highest BCUT2D eigenvalue weighted by atomic mass is 35.5. The van der Waals surface area contributed by atoms with Crippen molar-refractivity contribution in [3.05, 3.63) is 52.0 Å². The molecular formula is C27H35Cl2N3O6S. The third-order valence-corrected chi connectivity index (χ3v) is 8.65. The van der Waals surface area contributed by atoms with Crippen molar-refractivity contribution in [2.24, 2.45) is 0 Å². The topological polar surface area (TPSA) is 105 Å². The average molecular weight is 601 g/mol. The predicted molar refractivity (Wildman–Crippen MR) is 153 cm³/mol. The number of amides is 2. The molecule has 0 heterocycles. The van der Waals surface area contributed by atoms with Crippen molar-refractivity contribution in [1.82, 2.24) is 10.2 Å². The van der Waals surface area contributed by atoms with Gasteiger partial charge in [-0.15, -0.1) is 0 Å². The van der Waals surface area contributed by atoms with E-state index in [1.54, 1.807) is 31.2 Å². The summed E-state index contributed by atoms with van der Waals surface area (Å²) in [5.74, 6) is -0.226. The molecule has 1 N–H and O–H groups in total. The summed E-state index contributed by atoms with van der Waals surface area (Å²) in [5.41, 5.74) is 0.627. The van der Waals surface area contributed by atoms with E-state index in [1.807, 2.05) is 0 Å². The number of carbonyl (C=O) groups excluding carboxylic acids is 2. The molecule has 2 aromatic carbocycles. The van der Waals surface area contributed by atoms with Crippen LogP contribution in [0.5, 0.6) is 11.5 Å². The SMILES string of the molecule is CC[C@@H](C(=O)NC1CCCC1)N(Cc1c(Cl)cccc1Cl)C(=O)CN(c1ccc(OC)cc1OC)S(C)(=O)=O. The Hall–Kier alpha value is -2.69. The van der Waals surface area contributed by atoms with E-state index in [0.717, 1.165) is 36.2 Å². The van der Waals surface area contributed by atoms with E-state index in [1.165, 1.54) is 31.3 Å². The molecule has 1 fully saturated rings. The van der Waals surface area contributed by atoms with Crippen LogP contribution in [0.4, 0.5) is 5.69 Å². The predicted octanol–water partition coefficient (Wildman–Crippen LogP) is 4.64. The zero-order valence-electron chi connectivity index (χ0n) is 22.6. The Morgan fingerprint density at radius 2 is 1.72 bits per heavy atom. The Labute approximate surface area is 240 Å². The molecule has 1 saturated carbocycles. The summed E-state index contributed by atoms with van der Waals surface area (Å²) in [4.78, 5) is 28.7. The van der Waals surface area contributed by atoms with Crippen LogP contribution in [0, 0.1) is 0 Å². The summed E-state index contributed by atoms with van der Waals surface area (Å²) in [5, 5.41) is 3.73. The highest BCUT2D eigenvalue weighted by Gasteiger charge is 2.34. The summed E-state index contributed by atoms with van der Waals surface area (Å²) >= 11 is 12.9. The maximum absolute atomic E-state index is 14.0. The van der Waals surface area contributed by atoms with Crippen molar-refractivity contribution in [3.63, 3.8) is 0 Å². The fourth-order valence-corrected chi connectivity index (χ4v) is 6.10. The van der Waals surface area contributed by atoms with Crippen LogP contribution >= 0.6 is 23.2 Å². The molecule has 0 bridgehead atoms. The van der Waals surface area contributed by atoms with Gasteiger partial charge in [0, 0.05) is 34.3 Å². The summed E-state index contributed by atoms with van der Waals surface area (Å²) in [6.45, 7) is 1.15. The van der Waals surface area contributed by atoms with Gasteiger partial charge in [-0.3, -0.25) is 13.9 Å². The number of rotatable bonds is 12. The van der Waals surface area contributed by atoms with E-state index in [4.69, 9.17) is 32.7 Å². The molecule has 12 heteroatoms. The lowest BCUT2D eigenvalue weighted by Crippen LogP contribution is -2.53. The monoisotopic (exact) mass is 599 g/mol. The summed E-state index contributed by atoms with van der Waals surface area (Å²) < 4.78 is 37.4. The number of hydrogen-bond acceptors (Lipinski definition) is 6. The quantitative estimate of drug-likeness (QED) is 0.381. The number of anilines is 1. The number of nitrogens with one attached hydrogen (secondary N) is 1. The van der Waals surface area contributed by atoms with Gasteiger partial charge in [0.15, 0.2) is 0 Å². The third kappa shape index (κ3) is 7.70. The minimum atomic E-state index is -3.95. The van der Waals surface area contributed by atoms with Crippen LogP contribution in [0.2, 0.25) is 10.0 Å². The lowest BCUT2D eigenvalue weighted by atomic mass is 10.1. The number of methoxy groups -OCH3 is 2. The first-order chi connectivity index (χ1) is 18.5. The maximum atomic E-state index is 14.0. The number of ether oxygens (including phenoxy) is 2. The molecule has 1 aliphatic rings. The average Bonchev–Trinajstić information content (AvgIpc) is 3.40. The Balaban J connectivity index is 2.01. The molecule has 2 aromatic rings. The molecule has 0 spiro atoms. The van der Waals surface area contributed by atoms with E-state index < -0.39 is 28.5 Å². The van der Waals surface area contributed by atoms with Crippen molar-refractivity contribution in [2.75, 3.05) is 31.3 Å². The smallest absolute Gasteiger partial charge is 0.244 e. The fourth-order valence-electron chi connectivity index (χ4n) is 4.73. The Kier molecular flexibility index (Phi) is 10.7. The van der Waals surface area contributed by atoms with Gasteiger partial charge in [0.2, 0.25) is 21.8 Å². The molecule has 0 radical (unpaired) electrons. The van der Waals surface area contributed by atoms with E-state index in [2.05, 4.69) is 5.32 Å². The number of benzene rings is 2. The van der Waals surface area contributed by atoms with Crippen molar-refractivity contribution in [3.8, 4) is 11.5 Å². The van der Waals surface area contributed by atoms with Gasteiger partial charge in [-0.1, -0.05) is 49.0 Å². The second kappa shape index (κ2) is 13.6. The number of carbonyl (C=O) groups is 2. The Morgan fingerprint density at radius 3 is 2.26 bits per heavy atom. The van der Waals surface area contributed by atoms with E-state index in [0.29, 0.717) is 27.8 Å². The number of hydrogen-bond donors (Lipinski definition) is 1. The highest BCUT2D eigenvalue weighted by molar-refractivity contribution is 7.92. The first kappa shape index (κ1) is 30.8. The fraction of sp³-hybridized carbons (Fsp3) is 0.481. The van der Waals surface area contributed by atoms with Crippen molar-refractivity contribution in [1.29, 1.82) is 0 Å². The molecular weight excluding hydrogens is 565 g/mol. The van der Waals surface area contributed by atoms with Crippen molar-refractivity contribution >= 4 is 50.7 Å². The third-order valence-electron chi connectivity index (χ3n) is 6.81. The van der Waals surface area contributed by atoms with Crippen LogP contribution in [-0.4, -0.2) is 64.2 Å². The first-order valence-electron chi connectivity index (χ1n) is 12.7. The summed E-state index contributed by atoms with van der Waals surface area (Å²) in [7, 11) is -1.07. The molecule has 3 rings (SSSR count). The van der Waals surface area contributed by atoms with Crippen LogP contribution in [0.25, 0.3) is 0 Å². The van der Waals surface area contributed by atoms with E-state index in [-0.39, 0.29) is 29.9 Å². The van der Waals surface area contributed by atoms with Crippen LogP contribution in [0.3, 0.4) is 0 Å². The second-order valence-corrected chi connectivity index (χ2v) is 12.2. The van der Waals surface area contributed by atoms with Crippen molar-refractivity contribution in [2.45, 2.75) is 57.7 Å². The number of nitrogens with zero attached hydrogens (tertiary/aromatic N) is 2. The number of sulfonamides is 1. The second-order valence-electron chi connectivity index (χ2n) is 9.44. The molecule has 2 amide bonds. The largest absolute Gasteiger partial charge is 0.497 e. The molecule has 1 aliphatic carbocycles. The zero-order chi connectivity index (χ0) is 28.7. The summed E-state index contributed by atoms with van der Waals surface area (Å²) in [6, 6.07) is 8.77. The lowest BCUT2D eigenvalue weighted by molar-refractivity contribution is -0.140. The number of halogens is 2. The van der Waals surface area contributed by atoms with Crippen LogP contribution in [-0.2, 0) is 26.2 Å². The Bertz CT molecular complexity index is 1260. The molecule has 0 saturated heterocycles. The van der Waals surface area contributed by atoms with E-state index >= 15 is 0 Å². The van der Waals surface area contributed by atoms with Gasteiger partial charge in [0.05, 0.1) is 26.2 Å². The molecule has 214 valence electrons. The van der Waals surface area contributed by atoms with Gasteiger partial charge in [0.25, 0.3) is 0 Å². The van der Waals surface area contributed by atoms with Crippen LogP contribution in [0.15, 0.2) is 36.4 Å². The molecule has 0 aliphatic heterocycles. The van der Waals surface area contributed by atoms with Gasteiger partial charge in [-0.25, -0.2) is 8.42 Å². The lowest BCUT2D eigenvalue weighted by Gasteiger charge is -2.34. The van der Waals surface area contributed by atoms with Crippen LogP contribution in [0.1, 0.15) is 44.6 Å². The standard InChI is InChI=1S/C27H35Cl2N3O6S/c1-5-23(27(34)30-18-9-6-7-10-18)31(16-20-21(28)11-8-12-22(20)29)26(33)17-32(39(4,35)36)24-14-13-19(37-2)15-25(24)38-3/h8,11-15,18,23H,5-7,9-10,16-17H2,1-4H3,(H,30,34)/t23-/m0/s1. The molecule has 9 nitrogen and oxygen atoms in total. The zero-order valence-corrected chi connectivity index (χ0v) is 24.9. The normalized spacial score (nSPS) is 14.5. The maximum Gasteiger partial charge on any atom is 0.244 e. The minimum absolute atomic E-state index is 0.0449. The van der Waals surface area contributed by atoms with Crippen molar-refractivity contribution < 1.29 is 27.5 Å². The molecule has 1 atom stereocenters.